The third-order valence-electron chi connectivity index (χ3n) is 4.86. The Morgan fingerprint density at radius 2 is 0.848 bits per heavy atom. The Morgan fingerprint density at radius 3 is 1.24 bits per heavy atom. The Morgan fingerprint density at radius 1 is 0.485 bits per heavy atom. The van der Waals surface area contributed by atoms with Crippen LogP contribution in [-0.4, -0.2) is 20.2 Å². The Hall–Kier alpha value is -2.55. The van der Waals surface area contributed by atoms with E-state index < -0.39 is 0 Å². The van der Waals surface area contributed by atoms with Gasteiger partial charge < -0.3 is 10.2 Å². The number of phenolic OH excluding ortho intramolecular Hbond substituents is 2. The van der Waals surface area contributed by atoms with Crippen LogP contribution in [0.1, 0.15) is 0 Å². The van der Waals surface area contributed by atoms with Gasteiger partial charge in [0, 0.05) is 35.6 Å². The van der Waals surface area contributed by atoms with E-state index in [-0.39, 0.29) is 47.1 Å². The number of hydrogen-bond donors (Lipinski definition) is 2. The monoisotopic (exact) mass is 593 g/mol. The van der Waals surface area contributed by atoms with Crippen LogP contribution in [0, 0.1) is 35.6 Å². The third-order valence-corrected chi connectivity index (χ3v) is 7.00. The molecule has 2 heterocycles. The van der Waals surface area contributed by atoms with Crippen molar-refractivity contribution in [3.8, 4) is 32.6 Å². The van der Waals surface area contributed by atoms with Crippen molar-refractivity contribution in [3.05, 3.63) is 97.1 Å². The molecule has 4 aromatic carbocycles. The summed E-state index contributed by atoms with van der Waals surface area (Å²) in [6.07, 6.45) is 0. The van der Waals surface area contributed by atoms with Crippen LogP contribution in [0.25, 0.3) is 41.6 Å². The number of rotatable bonds is 2. The molecule has 7 heteroatoms. The zero-order valence-electron chi connectivity index (χ0n) is 17.4. The van der Waals surface area contributed by atoms with E-state index in [1.165, 1.54) is 0 Å². The molecule has 6 rings (SSSR count). The van der Waals surface area contributed by atoms with E-state index in [1.54, 1.807) is 34.8 Å². The maximum Gasteiger partial charge on any atom is 0.128 e. The SMILES string of the molecule is Oc1ccccc1-c1nc2ccccc2s1.Oc1ccccc1-c1nc2ccccc2s1.[La]. The number of nitrogens with zero attached hydrogens (tertiary/aromatic N) is 2. The minimum absolute atomic E-state index is 0. The van der Waals surface area contributed by atoms with Gasteiger partial charge in [0.1, 0.15) is 21.5 Å². The number of hydrogen-bond acceptors (Lipinski definition) is 6. The van der Waals surface area contributed by atoms with Crippen molar-refractivity contribution in [2.75, 3.05) is 0 Å². The molecule has 0 spiro atoms. The summed E-state index contributed by atoms with van der Waals surface area (Å²) in [6.45, 7) is 0. The Bertz CT molecular complexity index is 1350. The van der Waals surface area contributed by atoms with Crippen molar-refractivity contribution in [1.29, 1.82) is 0 Å². The van der Waals surface area contributed by atoms with Gasteiger partial charge >= 0.3 is 0 Å². The predicted octanol–water partition coefficient (Wildman–Crippen LogP) is 7.34. The van der Waals surface area contributed by atoms with Crippen LogP contribution >= 0.6 is 22.7 Å². The molecule has 0 unspecified atom stereocenters. The van der Waals surface area contributed by atoms with Crippen molar-refractivity contribution >= 4 is 43.1 Å². The molecule has 6 aromatic rings. The summed E-state index contributed by atoms with van der Waals surface area (Å²) in [7, 11) is 0. The molecule has 0 aliphatic carbocycles. The summed E-state index contributed by atoms with van der Waals surface area (Å²) < 4.78 is 2.28. The van der Waals surface area contributed by atoms with Gasteiger partial charge in [0.25, 0.3) is 0 Å². The van der Waals surface area contributed by atoms with Crippen LogP contribution in [0.3, 0.4) is 0 Å². The minimum atomic E-state index is 0. The van der Waals surface area contributed by atoms with E-state index in [1.807, 2.05) is 84.9 Å². The van der Waals surface area contributed by atoms with Gasteiger partial charge in [0.05, 0.1) is 31.6 Å². The molecular formula is C26H18LaN2O2S2. The molecule has 0 saturated heterocycles. The van der Waals surface area contributed by atoms with Gasteiger partial charge in [0.2, 0.25) is 0 Å². The average Bonchev–Trinajstić information content (AvgIpc) is 3.44. The second-order valence-corrected chi connectivity index (χ2v) is 9.07. The molecule has 33 heavy (non-hydrogen) atoms. The fourth-order valence-electron chi connectivity index (χ4n) is 3.28. The summed E-state index contributed by atoms with van der Waals surface area (Å²) in [5, 5.41) is 21.2. The number of para-hydroxylation sites is 4. The number of aromatic hydroxyl groups is 2. The first kappa shape index (κ1) is 23.6. The van der Waals surface area contributed by atoms with Crippen molar-refractivity contribution in [1.82, 2.24) is 9.97 Å². The molecule has 4 nitrogen and oxygen atoms in total. The zero-order chi connectivity index (χ0) is 21.9. The summed E-state index contributed by atoms with van der Waals surface area (Å²) in [4.78, 5) is 9.00. The molecule has 159 valence electrons. The smallest absolute Gasteiger partial charge is 0.128 e. The van der Waals surface area contributed by atoms with E-state index in [2.05, 4.69) is 9.97 Å². The number of aromatic nitrogens is 2. The molecule has 0 amide bonds. The van der Waals surface area contributed by atoms with Crippen molar-refractivity contribution < 1.29 is 45.8 Å². The molecule has 0 fully saturated rings. The number of thiazole rings is 2. The molecule has 0 atom stereocenters. The van der Waals surface area contributed by atoms with Crippen LogP contribution in [0.2, 0.25) is 0 Å². The Labute approximate surface area is 226 Å². The van der Waals surface area contributed by atoms with Crippen molar-refractivity contribution in [2.45, 2.75) is 0 Å². The summed E-state index contributed by atoms with van der Waals surface area (Å²) in [6, 6.07) is 30.5. The average molecular weight is 593 g/mol. The molecule has 0 bridgehead atoms. The molecule has 0 aliphatic heterocycles. The third kappa shape index (κ3) is 5.18. The summed E-state index contributed by atoms with van der Waals surface area (Å²) >= 11 is 3.19. The summed E-state index contributed by atoms with van der Waals surface area (Å²) in [5.41, 5.74) is 3.55. The Balaban J connectivity index is 0.000000152. The minimum Gasteiger partial charge on any atom is -0.507 e. The molecular weight excluding hydrogens is 575 g/mol. The van der Waals surface area contributed by atoms with Gasteiger partial charge in [0.15, 0.2) is 0 Å². The van der Waals surface area contributed by atoms with E-state index in [4.69, 9.17) is 0 Å². The standard InChI is InChI=1S/2C13H9NOS.La/c2*15-11-7-3-1-5-9(11)13-14-10-6-2-4-8-12(10)16-13;/h2*1-8,15H;. The maximum atomic E-state index is 9.76. The first-order valence-electron chi connectivity index (χ1n) is 9.97. The Kier molecular flexibility index (Phi) is 7.58. The summed E-state index contributed by atoms with van der Waals surface area (Å²) in [5.74, 6) is 0.558. The molecule has 1 radical (unpaired) electrons. The van der Waals surface area contributed by atoms with Gasteiger partial charge in [-0.05, 0) is 48.5 Å². The normalized spacial score (nSPS) is 10.4. The number of benzene rings is 4. The topological polar surface area (TPSA) is 66.2 Å². The number of phenols is 2. The zero-order valence-corrected chi connectivity index (χ0v) is 22.7. The first-order chi connectivity index (χ1) is 15.7. The predicted molar refractivity (Wildman–Crippen MR) is 133 cm³/mol. The van der Waals surface area contributed by atoms with Gasteiger partial charge in [-0.25, -0.2) is 9.97 Å². The van der Waals surface area contributed by atoms with Crippen LogP contribution in [0.4, 0.5) is 0 Å². The van der Waals surface area contributed by atoms with Crippen LogP contribution in [0.15, 0.2) is 97.1 Å². The van der Waals surface area contributed by atoms with E-state index in [0.717, 1.165) is 41.6 Å². The molecule has 0 aliphatic rings. The van der Waals surface area contributed by atoms with Crippen LogP contribution in [0.5, 0.6) is 11.5 Å². The fourth-order valence-corrected chi connectivity index (χ4v) is 5.28. The van der Waals surface area contributed by atoms with Crippen LogP contribution < -0.4 is 0 Å². The van der Waals surface area contributed by atoms with Crippen molar-refractivity contribution in [2.24, 2.45) is 0 Å². The second-order valence-electron chi connectivity index (χ2n) is 7.01. The van der Waals surface area contributed by atoms with Gasteiger partial charge in [-0.3, -0.25) is 0 Å². The fraction of sp³-hybridized carbons (Fsp3) is 0. The van der Waals surface area contributed by atoms with E-state index in [9.17, 15) is 10.2 Å². The van der Waals surface area contributed by atoms with E-state index >= 15 is 0 Å². The molecule has 2 aromatic heterocycles. The molecule has 2 N–H and O–H groups in total. The van der Waals surface area contributed by atoms with Gasteiger partial charge in [-0.2, -0.15) is 0 Å². The quantitative estimate of drug-likeness (QED) is 0.221. The molecule has 0 saturated carbocycles. The van der Waals surface area contributed by atoms with Crippen molar-refractivity contribution in [3.63, 3.8) is 0 Å². The first-order valence-corrected chi connectivity index (χ1v) is 11.6. The van der Waals surface area contributed by atoms with Gasteiger partial charge in [-0.15, -0.1) is 22.7 Å². The largest absolute Gasteiger partial charge is 0.507 e. The maximum absolute atomic E-state index is 9.76. The second kappa shape index (κ2) is 10.6. The van der Waals surface area contributed by atoms with E-state index in [0.29, 0.717) is 0 Å². The van der Waals surface area contributed by atoms with Crippen LogP contribution in [-0.2, 0) is 0 Å². The van der Waals surface area contributed by atoms with Gasteiger partial charge in [-0.1, -0.05) is 48.5 Å². The number of fused-ring (bicyclic) bond motifs is 2.